The summed E-state index contributed by atoms with van der Waals surface area (Å²) in [6.45, 7) is 0. The number of anilines is 3. The number of aromatic nitrogens is 3. The van der Waals surface area contributed by atoms with Crippen LogP contribution in [0.1, 0.15) is 0 Å². The average Bonchev–Trinajstić information content (AvgIpc) is 3.00. The Kier molecular flexibility index (Phi) is 3.24. The number of nitrogens with two attached hydrogens (primary N) is 1. The van der Waals surface area contributed by atoms with Crippen molar-refractivity contribution in [3.05, 3.63) is 54.9 Å². The second-order valence-electron chi connectivity index (χ2n) is 5.20. The van der Waals surface area contributed by atoms with Gasteiger partial charge in [-0.2, -0.15) is 4.98 Å². The van der Waals surface area contributed by atoms with Gasteiger partial charge in [0.25, 0.3) is 5.71 Å². The van der Waals surface area contributed by atoms with Gasteiger partial charge >= 0.3 is 0 Å². The number of rotatable bonds is 3. The van der Waals surface area contributed by atoms with Crippen molar-refractivity contribution in [1.82, 2.24) is 15.0 Å². The van der Waals surface area contributed by atoms with Crippen molar-refractivity contribution in [2.75, 3.05) is 11.1 Å². The summed E-state index contributed by atoms with van der Waals surface area (Å²) in [5.74, 6) is 1.06. The van der Waals surface area contributed by atoms with Crippen LogP contribution in [0, 0.1) is 0 Å². The van der Waals surface area contributed by atoms with Gasteiger partial charge in [0.05, 0.1) is 0 Å². The van der Waals surface area contributed by atoms with Crippen molar-refractivity contribution in [3.63, 3.8) is 0 Å². The van der Waals surface area contributed by atoms with E-state index in [1.165, 1.54) is 6.33 Å². The molecule has 4 N–H and O–H groups in total. The lowest BCUT2D eigenvalue weighted by Gasteiger charge is -2.05. The zero-order valence-corrected chi connectivity index (χ0v) is 12.5. The number of nitrogen functional groups attached to an aromatic ring is 1. The summed E-state index contributed by atoms with van der Waals surface area (Å²) in [7, 11) is 0. The van der Waals surface area contributed by atoms with E-state index in [9.17, 15) is 5.11 Å². The van der Waals surface area contributed by atoms with Gasteiger partial charge < -0.3 is 20.6 Å². The molecule has 0 spiro atoms. The van der Waals surface area contributed by atoms with Crippen molar-refractivity contribution in [3.8, 4) is 17.2 Å². The maximum Gasteiger partial charge on any atom is 0.252 e. The molecule has 118 valence electrons. The molecule has 0 unspecified atom stereocenters. The number of nitrogens with one attached hydrogen (secondary N) is 1. The van der Waals surface area contributed by atoms with E-state index in [4.69, 9.17) is 10.2 Å². The van der Waals surface area contributed by atoms with E-state index < -0.39 is 0 Å². The lowest BCUT2D eigenvalue weighted by molar-refractivity contribution is 0.475. The van der Waals surface area contributed by atoms with Gasteiger partial charge in [-0.05, 0) is 30.3 Å². The first-order valence-electron chi connectivity index (χ1n) is 7.22. The van der Waals surface area contributed by atoms with Crippen LogP contribution in [0.5, 0.6) is 5.75 Å². The SMILES string of the molecule is Nc1cccc(-c2nc3c(Nc4cccc(O)c4)ncnc3o2)c1. The first-order valence-corrected chi connectivity index (χ1v) is 7.22. The fraction of sp³-hybridized carbons (Fsp3) is 0. The number of benzene rings is 2. The Balaban J connectivity index is 1.77. The highest BCUT2D eigenvalue weighted by Crippen LogP contribution is 2.29. The summed E-state index contributed by atoms with van der Waals surface area (Å²) < 4.78 is 5.70. The number of oxazole rings is 1. The third kappa shape index (κ3) is 2.58. The number of hydrogen-bond donors (Lipinski definition) is 3. The minimum absolute atomic E-state index is 0.158. The summed E-state index contributed by atoms with van der Waals surface area (Å²) in [6.07, 6.45) is 1.39. The lowest BCUT2D eigenvalue weighted by Crippen LogP contribution is -1.95. The van der Waals surface area contributed by atoms with Crippen LogP contribution in [-0.4, -0.2) is 20.1 Å². The van der Waals surface area contributed by atoms with E-state index in [2.05, 4.69) is 20.3 Å². The molecule has 0 bridgehead atoms. The van der Waals surface area contributed by atoms with E-state index in [0.717, 1.165) is 5.56 Å². The Morgan fingerprint density at radius 1 is 1.04 bits per heavy atom. The van der Waals surface area contributed by atoms with Gasteiger partial charge in [0.15, 0.2) is 11.3 Å². The molecule has 4 rings (SSSR count). The number of aromatic hydroxyl groups is 1. The van der Waals surface area contributed by atoms with Crippen LogP contribution in [0.25, 0.3) is 22.7 Å². The second kappa shape index (κ2) is 5.54. The van der Waals surface area contributed by atoms with Gasteiger partial charge in [-0.1, -0.05) is 12.1 Å². The molecule has 0 atom stereocenters. The lowest BCUT2D eigenvalue weighted by atomic mass is 10.2. The molecule has 7 nitrogen and oxygen atoms in total. The Morgan fingerprint density at radius 3 is 2.75 bits per heavy atom. The molecule has 0 saturated heterocycles. The van der Waals surface area contributed by atoms with Gasteiger partial charge in [0.1, 0.15) is 12.1 Å². The third-order valence-electron chi connectivity index (χ3n) is 3.44. The molecule has 0 aliphatic heterocycles. The van der Waals surface area contributed by atoms with Crippen LogP contribution in [0.4, 0.5) is 17.2 Å². The predicted octanol–water partition coefficient (Wildman–Crippen LogP) is 3.32. The Hall–Kier alpha value is -3.61. The minimum Gasteiger partial charge on any atom is -0.508 e. The maximum atomic E-state index is 9.56. The van der Waals surface area contributed by atoms with Crippen LogP contribution >= 0.6 is 0 Å². The number of fused-ring (bicyclic) bond motifs is 1. The molecule has 0 radical (unpaired) electrons. The first-order chi connectivity index (χ1) is 11.7. The van der Waals surface area contributed by atoms with Crippen LogP contribution in [0.3, 0.4) is 0 Å². The van der Waals surface area contributed by atoms with Gasteiger partial charge in [-0.25, -0.2) is 9.97 Å². The number of hydrogen-bond acceptors (Lipinski definition) is 7. The highest BCUT2D eigenvalue weighted by molar-refractivity contribution is 5.85. The zero-order valence-electron chi connectivity index (χ0n) is 12.5. The van der Waals surface area contributed by atoms with E-state index in [1.807, 2.05) is 18.2 Å². The summed E-state index contributed by atoms with van der Waals surface area (Å²) in [6, 6.07) is 14.0. The van der Waals surface area contributed by atoms with E-state index in [0.29, 0.717) is 34.3 Å². The molecule has 0 aliphatic rings. The van der Waals surface area contributed by atoms with Crippen molar-refractivity contribution >= 4 is 28.4 Å². The highest BCUT2D eigenvalue weighted by atomic mass is 16.4. The summed E-state index contributed by atoms with van der Waals surface area (Å²) in [5.41, 5.74) is 8.74. The number of nitrogens with zero attached hydrogens (tertiary/aromatic N) is 3. The van der Waals surface area contributed by atoms with Crippen molar-refractivity contribution in [2.45, 2.75) is 0 Å². The molecule has 2 aromatic carbocycles. The highest BCUT2D eigenvalue weighted by Gasteiger charge is 2.14. The monoisotopic (exact) mass is 319 g/mol. The molecule has 2 heterocycles. The molecular weight excluding hydrogens is 306 g/mol. The largest absolute Gasteiger partial charge is 0.508 e. The zero-order chi connectivity index (χ0) is 16.5. The summed E-state index contributed by atoms with van der Waals surface area (Å²) in [4.78, 5) is 12.8. The second-order valence-corrected chi connectivity index (χ2v) is 5.20. The quantitative estimate of drug-likeness (QED) is 0.497. The van der Waals surface area contributed by atoms with Crippen LogP contribution in [0.15, 0.2) is 59.3 Å². The van der Waals surface area contributed by atoms with Gasteiger partial charge in [0, 0.05) is 23.0 Å². The summed E-state index contributed by atoms with van der Waals surface area (Å²) in [5, 5.41) is 12.7. The molecule has 2 aromatic heterocycles. The van der Waals surface area contributed by atoms with Gasteiger partial charge in [-0.3, -0.25) is 0 Å². The maximum absolute atomic E-state index is 9.56. The average molecular weight is 319 g/mol. The predicted molar refractivity (Wildman–Crippen MR) is 90.8 cm³/mol. The standard InChI is InChI=1S/C17H13N5O2/c18-11-4-1-3-10(7-11)16-22-14-15(19-9-20-17(14)24-16)21-12-5-2-6-13(23)8-12/h1-9,23H,18H2,(H,19,20,21). The van der Waals surface area contributed by atoms with Gasteiger partial charge in [-0.15, -0.1) is 0 Å². The number of phenols is 1. The van der Waals surface area contributed by atoms with Crippen LogP contribution in [0.2, 0.25) is 0 Å². The fourth-order valence-electron chi connectivity index (χ4n) is 2.36. The molecule has 7 heteroatoms. The van der Waals surface area contributed by atoms with Crippen LogP contribution < -0.4 is 11.1 Å². The molecule has 0 amide bonds. The third-order valence-corrected chi connectivity index (χ3v) is 3.44. The van der Waals surface area contributed by atoms with Crippen molar-refractivity contribution in [2.24, 2.45) is 0 Å². The molecule has 4 aromatic rings. The Morgan fingerprint density at radius 2 is 1.92 bits per heavy atom. The van der Waals surface area contributed by atoms with Crippen molar-refractivity contribution < 1.29 is 9.52 Å². The molecular formula is C17H13N5O2. The topological polar surface area (TPSA) is 110 Å². The van der Waals surface area contributed by atoms with E-state index in [1.54, 1.807) is 30.3 Å². The molecule has 24 heavy (non-hydrogen) atoms. The normalized spacial score (nSPS) is 10.8. The Bertz CT molecular complexity index is 1030. The molecule has 0 fully saturated rings. The number of phenolic OH excluding ortho intramolecular Hbond substituents is 1. The molecule has 0 saturated carbocycles. The van der Waals surface area contributed by atoms with Crippen molar-refractivity contribution in [1.29, 1.82) is 0 Å². The van der Waals surface area contributed by atoms with Crippen LogP contribution in [-0.2, 0) is 0 Å². The summed E-state index contributed by atoms with van der Waals surface area (Å²) >= 11 is 0. The van der Waals surface area contributed by atoms with Gasteiger partial charge in [0.2, 0.25) is 5.89 Å². The van der Waals surface area contributed by atoms with E-state index >= 15 is 0 Å². The minimum atomic E-state index is 0.158. The molecule has 0 aliphatic carbocycles. The fourth-order valence-corrected chi connectivity index (χ4v) is 2.36. The Labute approximate surface area is 136 Å². The first kappa shape index (κ1) is 14.0. The van der Waals surface area contributed by atoms with E-state index in [-0.39, 0.29) is 5.75 Å². The smallest absolute Gasteiger partial charge is 0.252 e.